The summed E-state index contributed by atoms with van der Waals surface area (Å²) in [6, 6.07) is 5.63. The van der Waals surface area contributed by atoms with E-state index < -0.39 is 11.7 Å². The number of halogens is 3. The average Bonchev–Trinajstić information content (AvgIpc) is 3.11. The quantitative estimate of drug-likeness (QED) is 0.733. The molecule has 3 aromatic rings. The van der Waals surface area contributed by atoms with Crippen molar-refractivity contribution in [2.45, 2.75) is 19.0 Å². The van der Waals surface area contributed by atoms with Crippen LogP contribution in [0.25, 0.3) is 22.4 Å². The number of rotatable bonds is 3. The van der Waals surface area contributed by atoms with E-state index in [2.05, 4.69) is 20.2 Å². The lowest BCUT2D eigenvalue weighted by atomic mass is 9.98. The molecule has 0 saturated carbocycles. The molecule has 142 valence electrons. The number of pyridine rings is 2. The van der Waals surface area contributed by atoms with Crippen LogP contribution in [0.1, 0.15) is 18.4 Å². The van der Waals surface area contributed by atoms with Crippen LogP contribution in [-0.2, 0) is 6.18 Å². The molecule has 3 N–H and O–H groups in total. The summed E-state index contributed by atoms with van der Waals surface area (Å²) < 4.78 is 40.5. The molecule has 0 aliphatic carbocycles. The molecule has 1 aliphatic rings. The molecule has 0 aromatic carbocycles. The van der Waals surface area contributed by atoms with Crippen molar-refractivity contribution in [1.29, 1.82) is 0 Å². The van der Waals surface area contributed by atoms with Crippen molar-refractivity contribution in [3.63, 3.8) is 0 Å². The Labute approximate surface area is 153 Å². The zero-order valence-electron chi connectivity index (χ0n) is 14.5. The highest BCUT2D eigenvalue weighted by Crippen LogP contribution is 2.35. The van der Waals surface area contributed by atoms with E-state index in [1.54, 1.807) is 18.3 Å². The van der Waals surface area contributed by atoms with Crippen molar-refractivity contribution in [1.82, 2.24) is 20.2 Å². The number of piperidine rings is 1. The first-order chi connectivity index (χ1) is 13.0. The van der Waals surface area contributed by atoms with Crippen molar-refractivity contribution in [3.8, 4) is 11.4 Å². The van der Waals surface area contributed by atoms with Gasteiger partial charge in [-0.3, -0.25) is 5.10 Å². The molecule has 1 saturated heterocycles. The molecule has 0 bridgehead atoms. The Balaban J connectivity index is 1.82. The zero-order valence-corrected chi connectivity index (χ0v) is 14.5. The SMILES string of the molecule is NCC1CCCN(c2cc(C(F)(F)F)cc(-c3[nH]nc4ncccc34)n2)C1. The van der Waals surface area contributed by atoms with Crippen LogP contribution in [0.4, 0.5) is 19.0 Å². The summed E-state index contributed by atoms with van der Waals surface area (Å²) in [5.41, 5.74) is 6.10. The van der Waals surface area contributed by atoms with Crippen LogP contribution < -0.4 is 10.6 Å². The number of nitrogens with one attached hydrogen (secondary N) is 1. The Kier molecular flexibility index (Phi) is 4.47. The van der Waals surface area contributed by atoms with Gasteiger partial charge in [0.15, 0.2) is 5.65 Å². The van der Waals surface area contributed by atoms with Gasteiger partial charge in [0.1, 0.15) is 5.82 Å². The van der Waals surface area contributed by atoms with E-state index in [4.69, 9.17) is 5.73 Å². The molecule has 27 heavy (non-hydrogen) atoms. The fraction of sp³-hybridized carbons (Fsp3) is 0.389. The van der Waals surface area contributed by atoms with Crippen LogP contribution in [0.5, 0.6) is 0 Å². The van der Waals surface area contributed by atoms with Gasteiger partial charge in [-0.25, -0.2) is 9.97 Å². The number of aromatic amines is 1. The highest BCUT2D eigenvalue weighted by Gasteiger charge is 2.33. The standard InChI is InChI=1S/C18H19F3N6/c19-18(20,21)12-7-14(16-13-4-1-5-23-17(13)26-25-16)24-15(8-12)27-6-2-3-11(9-22)10-27/h1,4-5,7-8,11H,2-3,6,9-10,22H2,(H,23,25,26). The van der Waals surface area contributed by atoms with Crippen molar-refractivity contribution in [2.75, 3.05) is 24.5 Å². The second-order valence-electron chi connectivity index (χ2n) is 6.76. The van der Waals surface area contributed by atoms with Crippen LogP contribution in [0, 0.1) is 5.92 Å². The summed E-state index contributed by atoms with van der Waals surface area (Å²) in [6.45, 7) is 1.78. The molecule has 0 radical (unpaired) electrons. The fourth-order valence-electron chi connectivity index (χ4n) is 3.48. The highest BCUT2D eigenvalue weighted by atomic mass is 19.4. The Hall–Kier alpha value is -2.68. The van der Waals surface area contributed by atoms with E-state index in [1.165, 1.54) is 0 Å². The fourth-order valence-corrected chi connectivity index (χ4v) is 3.48. The largest absolute Gasteiger partial charge is 0.416 e. The van der Waals surface area contributed by atoms with E-state index in [0.717, 1.165) is 25.0 Å². The van der Waals surface area contributed by atoms with Gasteiger partial charge in [-0.1, -0.05) is 0 Å². The maximum absolute atomic E-state index is 13.5. The minimum absolute atomic E-state index is 0.199. The van der Waals surface area contributed by atoms with Crippen LogP contribution in [0.3, 0.4) is 0 Å². The van der Waals surface area contributed by atoms with Gasteiger partial charge in [-0.05, 0) is 49.6 Å². The smallest absolute Gasteiger partial charge is 0.356 e. The van der Waals surface area contributed by atoms with E-state index in [0.29, 0.717) is 42.2 Å². The summed E-state index contributed by atoms with van der Waals surface area (Å²) in [7, 11) is 0. The molecular weight excluding hydrogens is 357 g/mol. The van der Waals surface area contributed by atoms with E-state index in [1.807, 2.05) is 4.90 Å². The maximum Gasteiger partial charge on any atom is 0.416 e. The number of alkyl halides is 3. The minimum Gasteiger partial charge on any atom is -0.356 e. The Morgan fingerprint density at radius 3 is 2.93 bits per heavy atom. The number of nitrogens with two attached hydrogens (primary N) is 1. The number of aromatic nitrogens is 4. The second-order valence-corrected chi connectivity index (χ2v) is 6.76. The first-order valence-corrected chi connectivity index (χ1v) is 8.79. The van der Waals surface area contributed by atoms with Crippen molar-refractivity contribution in [2.24, 2.45) is 11.7 Å². The summed E-state index contributed by atoms with van der Waals surface area (Å²) in [4.78, 5) is 10.5. The number of hydrogen-bond donors (Lipinski definition) is 2. The van der Waals surface area contributed by atoms with E-state index >= 15 is 0 Å². The topological polar surface area (TPSA) is 83.7 Å². The number of nitrogens with zero attached hydrogens (tertiary/aromatic N) is 4. The zero-order chi connectivity index (χ0) is 19.0. The molecule has 1 unspecified atom stereocenters. The monoisotopic (exact) mass is 376 g/mol. The molecule has 9 heteroatoms. The Morgan fingerprint density at radius 2 is 2.15 bits per heavy atom. The Morgan fingerprint density at radius 1 is 1.30 bits per heavy atom. The van der Waals surface area contributed by atoms with Gasteiger partial charge in [0, 0.05) is 24.7 Å². The summed E-state index contributed by atoms with van der Waals surface area (Å²) in [5.74, 6) is 0.570. The average molecular weight is 376 g/mol. The van der Waals surface area contributed by atoms with Crippen molar-refractivity contribution >= 4 is 16.9 Å². The van der Waals surface area contributed by atoms with Crippen molar-refractivity contribution < 1.29 is 13.2 Å². The first-order valence-electron chi connectivity index (χ1n) is 8.79. The molecule has 1 atom stereocenters. The van der Waals surface area contributed by atoms with Crippen molar-refractivity contribution in [3.05, 3.63) is 36.0 Å². The molecule has 0 spiro atoms. The molecule has 0 amide bonds. The predicted molar refractivity (Wildman–Crippen MR) is 96.1 cm³/mol. The van der Waals surface area contributed by atoms with E-state index in [9.17, 15) is 13.2 Å². The van der Waals surface area contributed by atoms with Gasteiger partial charge in [-0.2, -0.15) is 18.3 Å². The summed E-state index contributed by atoms with van der Waals surface area (Å²) >= 11 is 0. The second kappa shape index (κ2) is 6.80. The lowest BCUT2D eigenvalue weighted by Gasteiger charge is -2.33. The van der Waals surface area contributed by atoms with Gasteiger partial charge >= 0.3 is 6.18 Å². The third-order valence-corrected chi connectivity index (χ3v) is 4.90. The maximum atomic E-state index is 13.5. The molecule has 1 fully saturated rings. The molecule has 4 rings (SSSR count). The summed E-state index contributed by atoms with van der Waals surface area (Å²) in [6.07, 6.45) is -1.02. The lowest BCUT2D eigenvalue weighted by molar-refractivity contribution is -0.137. The van der Waals surface area contributed by atoms with Crippen LogP contribution in [0.2, 0.25) is 0 Å². The molecular formula is C18H19F3N6. The van der Waals surface area contributed by atoms with Gasteiger partial charge in [0.25, 0.3) is 0 Å². The van der Waals surface area contributed by atoms with Gasteiger partial charge in [0.2, 0.25) is 0 Å². The Bertz CT molecular complexity index is 952. The van der Waals surface area contributed by atoms with E-state index in [-0.39, 0.29) is 11.6 Å². The molecule has 6 nitrogen and oxygen atoms in total. The summed E-state index contributed by atoms with van der Waals surface area (Å²) in [5, 5.41) is 7.48. The molecule has 1 aliphatic heterocycles. The van der Waals surface area contributed by atoms with Crippen LogP contribution >= 0.6 is 0 Å². The van der Waals surface area contributed by atoms with Gasteiger partial charge < -0.3 is 10.6 Å². The highest BCUT2D eigenvalue weighted by molar-refractivity contribution is 5.89. The van der Waals surface area contributed by atoms with Crippen LogP contribution in [-0.4, -0.2) is 39.8 Å². The number of anilines is 1. The normalized spacial score (nSPS) is 18.2. The minimum atomic E-state index is -4.47. The van der Waals surface area contributed by atoms with Gasteiger partial charge in [-0.15, -0.1) is 0 Å². The molecule has 4 heterocycles. The number of hydrogen-bond acceptors (Lipinski definition) is 5. The molecule has 3 aromatic heterocycles. The first kappa shape index (κ1) is 17.7. The van der Waals surface area contributed by atoms with Gasteiger partial charge in [0.05, 0.1) is 17.0 Å². The third-order valence-electron chi connectivity index (χ3n) is 4.90. The third kappa shape index (κ3) is 3.46. The lowest BCUT2D eigenvalue weighted by Crippen LogP contribution is -2.39. The number of H-pyrrole nitrogens is 1. The predicted octanol–water partition coefficient (Wildman–Crippen LogP) is 3.21. The number of fused-ring (bicyclic) bond motifs is 1. The van der Waals surface area contributed by atoms with Crippen LogP contribution in [0.15, 0.2) is 30.5 Å².